The number of aromatic amines is 1. The smallest absolute Gasteiger partial charge is 0.252 e. The number of nitrogens with two attached hydrogens (primary N) is 1. The van der Waals surface area contributed by atoms with Gasteiger partial charge in [0.15, 0.2) is 0 Å². The minimum absolute atomic E-state index is 0.170. The van der Waals surface area contributed by atoms with Crippen LogP contribution < -0.4 is 11.3 Å². The van der Waals surface area contributed by atoms with Gasteiger partial charge in [0.25, 0.3) is 5.56 Å². The minimum atomic E-state index is -0.201. The van der Waals surface area contributed by atoms with E-state index in [-0.39, 0.29) is 17.5 Å². The van der Waals surface area contributed by atoms with Crippen LogP contribution in [0.1, 0.15) is 25.1 Å². The number of rotatable bonds is 2. The lowest BCUT2D eigenvalue weighted by atomic mass is 10.1. The van der Waals surface area contributed by atoms with E-state index in [1.807, 2.05) is 0 Å². The largest absolute Gasteiger partial charge is 0.383 e. The Bertz CT molecular complexity index is 382. The number of hydrogen-bond donors (Lipinski definition) is 2. The maximum Gasteiger partial charge on any atom is 0.252 e. The van der Waals surface area contributed by atoms with Gasteiger partial charge in [-0.1, -0.05) is 0 Å². The molecule has 0 aromatic carbocycles. The highest BCUT2D eigenvalue weighted by atomic mass is 16.5. The Labute approximate surface area is 87.7 Å². The van der Waals surface area contributed by atoms with E-state index >= 15 is 0 Å². The molecule has 1 aliphatic heterocycles. The van der Waals surface area contributed by atoms with Gasteiger partial charge in [0.1, 0.15) is 11.6 Å². The third kappa shape index (κ3) is 2.79. The van der Waals surface area contributed by atoms with Crippen molar-refractivity contribution in [2.24, 2.45) is 0 Å². The summed E-state index contributed by atoms with van der Waals surface area (Å²) in [6.07, 6.45) is 4.14. The number of nitrogens with one attached hydrogen (secondary N) is 1. The van der Waals surface area contributed by atoms with E-state index in [1.54, 1.807) is 0 Å². The van der Waals surface area contributed by atoms with Crippen LogP contribution in [0.15, 0.2) is 10.9 Å². The van der Waals surface area contributed by atoms with Crippen LogP contribution >= 0.6 is 0 Å². The molecule has 15 heavy (non-hydrogen) atoms. The van der Waals surface area contributed by atoms with Gasteiger partial charge in [0.2, 0.25) is 0 Å². The summed E-state index contributed by atoms with van der Waals surface area (Å²) in [7, 11) is 0. The topological polar surface area (TPSA) is 81.0 Å². The van der Waals surface area contributed by atoms with E-state index in [0.717, 1.165) is 19.4 Å². The fourth-order valence-electron chi connectivity index (χ4n) is 1.81. The number of nitrogens with zero attached hydrogens (tertiary/aromatic N) is 1. The van der Waals surface area contributed by atoms with Gasteiger partial charge in [-0.2, -0.15) is 0 Å². The summed E-state index contributed by atoms with van der Waals surface area (Å²) in [6, 6.07) is 1.28. The normalized spacial score (nSPS) is 21.5. The molecule has 0 amide bonds. The summed E-state index contributed by atoms with van der Waals surface area (Å²) in [5, 5.41) is 0. The standard InChI is InChI=1S/C10H15N3O2/c11-8-6-10(14)13-9(12-8)5-7-3-1-2-4-15-7/h6-7H,1-5H2,(H3,11,12,13,14). The van der Waals surface area contributed by atoms with Crippen molar-refractivity contribution in [1.82, 2.24) is 9.97 Å². The predicted octanol–water partition coefficient (Wildman–Crippen LogP) is 0.464. The number of ether oxygens (including phenoxy) is 1. The lowest BCUT2D eigenvalue weighted by molar-refractivity contribution is 0.0156. The summed E-state index contributed by atoms with van der Waals surface area (Å²) in [5.74, 6) is 0.886. The Morgan fingerprint density at radius 2 is 2.47 bits per heavy atom. The van der Waals surface area contributed by atoms with Crippen LogP contribution in [0.25, 0.3) is 0 Å². The molecule has 1 unspecified atom stereocenters. The monoisotopic (exact) mass is 209 g/mol. The molecule has 5 heteroatoms. The second-order valence-corrected chi connectivity index (χ2v) is 3.81. The first-order chi connectivity index (χ1) is 7.24. The minimum Gasteiger partial charge on any atom is -0.383 e. The molecule has 1 atom stereocenters. The van der Waals surface area contributed by atoms with Crippen molar-refractivity contribution in [3.8, 4) is 0 Å². The molecule has 2 heterocycles. The predicted molar refractivity (Wildman–Crippen MR) is 56.6 cm³/mol. The zero-order valence-corrected chi connectivity index (χ0v) is 8.53. The van der Waals surface area contributed by atoms with Crippen molar-refractivity contribution in [3.63, 3.8) is 0 Å². The molecule has 0 bridgehead atoms. The van der Waals surface area contributed by atoms with Gasteiger partial charge in [-0.15, -0.1) is 0 Å². The maximum atomic E-state index is 11.1. The van der Waals surface area contributed by atoms with Gasteiger partial charge in [0, 0.05) is 19.1 Å². The third-order valence-electron chi connectivity index (χ3n) is 2.51. The Kier molecular flexibility index (Phi) is 3.01. The molecule has 1 saturated heterocycles. The van der Waals surface area contributed by atoms with Crippen LogP contribution in [0.3, 0.4) is 0 Å². The van der Waals surface area contributed by atoms with Gasteiger partial charge in [-0.05, 0) is 19.3 Å². The Hall–Kier alpha value is -1.36. The Balaban J connectivity index is 2.06. The second-order valence-electron chi connectivity index (χ2n) is 3.81. The highest BCUT2D eigenvalue weighted by molar-refractivity contribution is 5.25. The fraction of sp³-hybridized carbons (Fsp3) is 0.600. The molecule has 0 radical (unpaired) electrons. The average molecular weight is 209 g/mol. The van der Waals surface area contributed by atoms with Crippen molar-refractivity contribution < 1.29 is 4.74 Å². The second kappa shape index (κ2) is 4.44. The SMILES string of the molecule is Nc1cc(=O)[nH]c(CC2CCCCO2)n1. The third-order valence-corrected chi connectivity index (χ3v) is 2.51. The number of anilines is 1. The number of aromatic nitrogens is 2. The van der Waals surface area contributed by atoms with Crippen LogP contribution in [0.4, 0.5) is 5.82 Å². The van der Waals surface area contributed by atoms with Crippen molar-refractivity contribution in [1.29, 1.82) is 0 Å². The van der Waals surface area contributed by atoms with Crippen LogP contribution in [0.5, 0.6) is 0 Å². The van der Waals surface area contributed by atoms with Crippen molar-refractivity contribution >= 4 is 5.82 Å². The van der Waals surface area contributed by atoms with E-state index in [4.69, 9.17) is 10.5 Å². The summed E-state index contributed by atoms with van der Waals surface area (Å²) < 4.78 is 5.56. The molecule has 82 valence electrons. The van der Waals surface area contributed by atoms with E-state index in [2.05, 4.69) is 9.97 Å². The van der Waals surface area contributed by atoms with E-state index in [9.17, 15) is 4.79 Å². The quantitative estimate of drug-likeness (QED) is 0.741. The van der Waals surface area contributed by atoms with Gasteiger partial charge in [-0.25, -0.2) is 4.98 Å². The van der Waals surface area contributed by atoms with Gasteiger partial charge in [-0.3, -0.25) is 4.79 Å². The summed E-state index contributed by atoms with van der Waals surface area (Å²) >= 11 is 0. The van der Waals surface area contributed by atoms with Crippen LogP contribution in [0.2, 0.25) is 0 Å². The first-order valence-corrected chi connectivity index (χ1v) is 5.21. The zero-order valence-electron chi connectivity index (χ0n) is 8.53. The number of hydrogen-bond acceptors (Lipinski definition) is 4. The molecule has 3 N–H and O–H groups in total. The van der Waals surface area contributed by atoms with E-state index in [1.165, 1.54) is 12.5 Å². The zero-order chi connectivity index (χ0) is 10.7. The lowest BCUT2D eigenvalue weighted by Gasteiger charge is -2.21. The summed E-state index contributed by atoms with van der Waals surface area (Å²) in [6.45, 7) is 0.803. The molecular weight excluding hydrogens is 194 g/mol. The van der Waals surface area contributed by atoms with Crippen LogP contribution in [-0.4, -0.2) is 22.7 Å². The van der Waals surface area contributed by atoms with Gasteiger partial charge >= 0.3 is 0 Å². The van der Waals surface area contributed by atoms with Crippen LogP contribution in [0, 0.1) is 0 Å². The molecule has 1 aromatic heterocycles. The van der Waals surface area contributed by atoms with E-state index < -0.39 is 0 Å². The van der Waals surface area contributed by atoms with E-state index in [0.29, 0.717) is 12.2 Å². The summed E-state index contributed by atoms with van der Waals surface area (Å²) in [4.78, 5) is 17.9. The summed E-state index contributed by atoms with van der Waals surface area (Å²) in [5.41, 5.74) is 5.29. The molecule has 5 nitrogen and oxygen atoms in total. The molecule has 1 aliphatic rings. The first kappa shape index (κ1) is 10.2. The number of H-pyrrole nitrogens is 1. The van der Waals surface area contributed by atoms with Crippen molar-refractivity contribution in [3.05, 3.63) is 22.2 Å². The fourth-order valence-corrected chi connectivity index (χ4v) is 1.81. The Morgan fingerprint density at radius 3 is 3.13 bits per heavy atom. The highest BCUT2D eigenvalue weighted by Crippen LogP contribution is 2.15. The van der Waals surface area contributed by atoms with Gasteiger partial charge in [0.05, 0.1) is 6.10 Å². The van der Waals surface area contributed by atoms with Crippen molar-refractivity contribution in [2.75, 3.05) is 12.3 Å². The van der Waals surface area contributed by atoms with Crippen molar-refractivity contribution in [2.45, 2.75) is 31.8 Å². The molecule has 1 fully saturated rings. The average Bonchev–Trinajstić information content (AvgIpc) is 2.17. The van der Waals surface area contributed by atoms with Gasteiger partial charge < -0.3 is 15.5 Å². The first-order valence-electron chi connectivity index (χ1n) is 5.21. The van der Waals surface area contributed by atoms with Crippen LogP contribution in [-0.2, 0) is 11.2 Å². The molecule has 0 aliphatic carbocycles. The highest BCUT2D eigenvalue weighted by Gasteiger charge is 2.15. The Morgan fingerprint density at radius 1 is 1.60 bits per heavy atom. The molecule has 0 spiro atoms. The number of nitrogen functional groups attached to an aromatic ring is 1. The molecule has 2 rings (SSSR count). The maximum absolute atomic E-state index is 11.1. The molecule has 0 saturated carbocycles. The molecular formula is C10H15N3O2. The lowest BCUT2D eigenvalue weighted by Crippen LogP contribution is -2.24. The molecule has 1 aromatic rings.